The van der Waals surface area contributed by atoms with Gasteiger partial charge >= 0.3 is 42.4 Å². The zero-order valence-corrected chi connectivity index (χ0v) is 87.9. The summed E-state index contributed by atoms with van der Waals surface area (Å²) in [4.78, 5) is 95.8. The first kappa shape index (κ1) is 121. The first-order valence-electron chi connectivity index (χ1n) is 45.2. The van der Waals surface area contributed by atoms with Crippen LogP contribution in [0.15, 0.2) is 191 Å². The molecule has 0 spiro atoms. The summed E-state index contributed by atoms with van der Waals surface area (Å²) in [6, 6.07) is 27.2. The van der Waals surface area contributed by atoms with Crippen LogP contribution in [-0.4, -0.2) is 249 Å². The molecule has 44 nitrogen and oxygen atoms in total. The van der Waals surface area contributed by atoms with Crippen LogP contribution < -0.4 is 19.7 Å². The van der Waals surface area contributed by atoms with Crippen molar-refractivity contribution in [3.8, 4) is 0 Å². The molecule has 4 aromatic carbocycles. The van der Waals surface area contributed by atoms with E-state index in [4.69, 9.17) is 30.1 Å². The molecular formula is C90H122N7O37P2S8+3. The van der Waals surface area contributed by atoms with Crippen LogP contribution in [0.2, 0.25) is 0 Å². The molecular weight excluding hydrogens is 2090 g/mol. The number of carbonyl (C=O) groups is 4. The standard InChI is InChI=1S/C48H66N4O18P2S3.C42H53N3O13S3.2O3S/c1-46(2)40-31-38(75(68,69)70)23-24-42(40)51(27-12-14-29-73(62,63)64)43(46)20-6-4-7-21-44-47(3,39-18-9-10-19-41(39)52(44)28-13-15-30-74(65,66)67)25-11-5-8-22-45(54)49-33-37(53)35-50-26-16-17-36(34-50)32-48(55,71(56,57)58)72(59,60)61;1-41(2)33-30-31(61(55,56)57)21-22-35(33)43(26-12-14-28-59(49,50)51)36(41)18-6-4-7-19-37-42(3,25-11-5-8-20-40(48)58-45-38(46)23-24-39(45)47)32-16-9-10-17-34(32)44(37)27-13-15-29-60(52,53)54;2*1-4(2)3/h4,6-7,9-10,16-21,23-24,26,31,34,37,53,55H,5,8,11-15,22,25,27-30,32-33,35H2,1-3H3,(H6-2,49,54,56,57,58,59,60,61,62,63,64,65,66,67,68,69,70);4,6-7,9-10,16-19,21-22,30H,5,8,11-15,20,23-29H2,1-3H3,(H2-,49,50,51,52,53,54,55,56,57);;/p+3. The monoisotopic (exact) mass is 2210 g/mol. The Morgan fingerprint density at radius 2 is 0.875 bits per heavy atom. The van der Waals surface area contributed by atoms with E-state index in [2.05, 4.69) is 35.0 Å². The van der Waals surface area contributed by atoms with Gasteiger partial charge in [0.1, 0.15) is 19.2 Å². The number of hydrogen-bond donors (Lipinski definition) is 13. The number of unbranched alkanes of at least 4 members (excludes halogenated alkanes) is 8. The highest BCUT2D eigenvalue weighted by molar-refractivity contribution is 7.87. The summed E-state index contributed by atoms with van der Waals surface area (Å²) in [6.45, 7) is 13.2. The number of anilines is 2. The SMILES string of the molecule is CC1(C)C(C=CC=CC=C2N(CCCCS(=O)(=O)O)c3ccccc3C2(C)CCCCCC(=O)NCC(O)C[n+]2cccc(CC(O)(P(=O)(O)O)P(=O)(O)O)c2)=[N+](CCCCS(=O)(=O)O)c2ccc(S(=O)(=O)O)cc21.CC1(C)C(C=CC=CC=C2N(CCCCS(=O)(=O)O)c3ccccc3C2(C)CCCCCC(=O)ON2C(=O)CCC2=O)=[N+](CCCCS(=O)(=O)O)c2ccc(S(=O)(=O)O)cc21.O=S(=O)=O.O=S(=O)=O. The van der Waals surface area contributed by atoms with Crippen molar-refractivity contribution < 1.29 is 180 Å². The number of amides is 3. The molecule has 3 atom stereocenters. The lowest BCUT2D eigenvalue weighted by Gasteiger charge is -2.30. The lowest BCUT2D eigenvalue weighted by atomic mass is 9.77. The molecule has 13 N–H and O–H groups in total. The zero-order chi connectivity index (χ0) is 108. The van der Waals surface area contributed by atoms with Gasteiger partial charge in [0.25, 0.3) is 77.6 Å². The van der Waals surface area contributed by atoms with E-state index >= 15 is 0 Å². The molecule has 5 aromatic rings. The molecule has 0 saturated carbocycles. The lowest BCUT2D eigenvalue weighted by Crippen LogP contribution is -2.44. The Balaban J connectivity index is 0.000000370. The molecule has 54 heteroatoms. The van der Waals surface area contributed by atoms with Crippen LogP contribution in [0.5, 0.6) is 0 Å². The number of imide groups is 1. The van der Waals surface area contributed by atoms with Gasteiger partial charge in [-0.05, 0) is 171 Å². The Morgan fingerprint density at radius 1 is 0.493 bits per heavy atom. The van der Waals surface area contributed by atoms with E-state index in [-0.39, 0.29) is 91.5 Å². The second kappa shape index (κ2) is 51.4. The zero-order valence-electron chi connectivity index (χ0n) is 79.6. The number of aliphatic hydroxyl groups excluding tert-OH is 1. The second-order valence-corrected chi connectivity index (χ2v) is 50.1. The van der Waals surface area contributed by atoms with Gasteiger partial charge in [0.05, 0.1) is 43.6 Å². The van der Waals surface area contributed by atoms with Crippen molar-refractivity contribution in [2.24, 2.45) is 0 Å². The molecule has 1 fully saturated rings. The molecule has 3 unspecified atom stereocenters. The molecule has 3 amide bonds. The Kier molecular flexibility index (Phi) is 43.3. The van der Waals surface area contributed by atoms with E-state index in [9.17, 15) is 136 Å². The number of carbonyl (C=O) groups excluding carboxylic acids is 4. The Bertz CT molecular complexity index is 6860. The number of pyridine rings is 1. The van der Waals surface area contributed by atoms with Gasteiger partial charge in [-0.2, -0.15) is 59.7 Å². The van der Waals surface area contributed by atoms with Crippen LogP contribution in [0.4, 0.5) is 22.7 Å². The van der Waals surface area contributed by atoms with Gasteiger partial charge in [-0.15, -0.1) is 30.3 Å². The number of rotatable bonds is 49. The van der Waals surface area contributed by atoms with Crippen molar-refractivity contribution in [2.75, 3.05) is 65.5 Å². The van der Waals surface area contributed by atoms with Crippen molar-refractivity contribution in [2.45, 2.75) is 226 Å². The highest BCUT2D eigenvalue weighted by Gasteiger charge is 2.60. The van der Waals surface area contributed by atoms with Crippen molar-refractivity contribution in [1.29, 1.82) is 0 Å². The molecule has 1 saturated heterocycles. The van der Waals surface area contributed by atoms with Gasteiger partial charge in [-0.3, -0.25) is 50.8 Å². The Labute approximate surface area is 839 Å². The third kappa shape index (κ3) is 35.1. The average Bonchev–Trinajstić information content (AvgIpc) is 1.61. The Morgan fingerprint density at radius 3 is 1.26 bits per heavy atom. The molecule has 0 aliphatic carbocycles. The number of para-hydroxylation sites is 2. The van der Waals surface area contributed by atoms with Crippen molar-refractivity contribution in [3.63, 3.8) is 0 Å². The summed E-state index contributed by atoms with van der Waals surface area (Å²) in [5.74, 6) is -3.62. The lowest BCUT2D eigenvalue weighted by molar-refractivity contribution is -0.703. The summed E-state index contributed by atoms with van der Waals surface area (Å²) in [5.41, 5.74) is 7.53. The maximum absolute atomic E-state index is 12.9. The average molecular weight is 2210 g/mol. The van der Waals surface area contributed by atoms with Crippen molar-refractivity contribution in [1.82, 2.24) is 10.4 Å². The Hall–Kier alpha value is -9.59. The number of aromatic nitrogens is 1. The molecule has 0 radical (unpaired) electrons. The minimum absolute atomic E-state index is 0.0167. The van der Waals surface area contributed by atoms with E-state index in [1.807, 2.05) is 140 Å². The highest BCUT2D eigenvalue weighted by Crippen LogP contribution is 2.68. The van der Waals surface area contributed by atoms with Gasteiger partial charge in [-0.25, -0.2) is 9.36 Å². The maximum atomic E-state index is 12.9. The fraction of sp³-hybridized carbons (Fsp3) is 0.478. The van der Waals surface area contributed by atoms with Gasteiger partial charge in [0, 0.05) is 145 Å². The van der Waals surface area contributed by atoms with Gasteiger partial charge in [-0.1, -0.05) is 98.5 Å². The van der Waals surface area contributed by atoms with Gasteiger partial charge in [0.2, 0.25) is 17.3 Å². The van der Waals surface area contributed by atoms with E-state index < -0.39 is 171 Å². The maximum Gasteiger partial charge on any atom is 0.425 e. The summed E-state index contributed by atoms with van der Waals surface area (Å²) in [6.07, 6.45) is 27.1. The van der Waals surface area contributed by atoms with Crippen LogP contribution in [0.1, 0.15) is 198 Å². The van der Waals surface area contributed by atoms with Crippen molar-refractivity contribution in [3.05, 3.63) is 209 Å². The second-order valence-electron chi connectivity index (χ2n) is 36.2. The molecule has 10 rings (SSSR count). The molecule has 5 aliphatic heterocycles. The molecule has 0 bridgehead atoms. The summed E-state index contributed by atoms with van der Waals surface area (Å²) in [7, 11) is -43.3. The number of benzene rings is 4. The number of hydroxylamine groups is 2. The fourth-order valence-electron chi connectivity index (χ4n) is 17.8. The number of nitrogens with one attached hydrogen (secondary N) is 1. The van der Waals surface area contributed by atoms with Crippen LogP contribution in [-0.2, 0) is 150 Å². The third-order valence-electron chi connectivity index (χ3n) is 24.8. The number of aliphatic hydroxyl groups is 2. The van der Waals surface area contributed by atoms with E-state index in [1.54, 1.807) is 12.1 Å². The fourth-order valence-corrected chi connectivity index (χ4v) is 23.2. The van der Waals surface area contributed by atoms with E-state index in [0.29, 0.717) is 131 Å². The topological polar surface area (TPSA) is 693 Å². The predicted molar refractivity (Wildman–Crippen MR) is 527 cm³/mol. The number of nitrogens with zero attached hydrogens (tertiary/aromatic N) is 6. The van der Waals surface area contributed by atoms with Crippen LogP contribution >= 0.6 is 15.2 Å². The highest BCUT2D eigenvalue weighted by atomic mass is 32.2. The summed E-state index contributed by atoms with van der Waals surface area (Å²) < 4.78 is 277. The number of fused-ring (bicyclic) bond motifs is 4. The normalized spacial score (nSPS) is 18.3. The predicted octanol–water partition coefficient (Wildman–Crippen LogP) is 8.35. The van der Waals surface area contributed by atoms with Crippen LogP contribution in [0, 0.1) is 0 Å². The minimum Gasteiger partial charge on any atom is -0.385 e. The first-order chi connectivity index (χ1) is 66.7. The third-order valence-corrected chi connectivity index (χ3v) is 33.5. The number of allylic oxidation sites excluding steroid dienone is 12. The molecule has 1 aromatic heterocycles. The van der Waals surface area contributed by atoms with Crippen LogP contribution in [0.3, 0.4) is 0 Å². The molecule has 144 heavy (non-hydrogen) atoms. The summed E-state index contributed by atoms with van der Waals surface area (Å²) in [5, 5.41) is 20.6. The quantitative estimate of drug-likeness (QED) is 0.00434. The molecule has 5 aliphatic rings. The van der Waals surface area contributed by atoms with E-state index in [0.717, 1.165) is 45.3 Å². The van der Waals surface area contributed by atoms with Gasteiger partial charge < -0.3 is 49.7 Å². The summed E-state index contributed by atoms with van der Waals surface area (Å²) >= 11 is 0. The minimum atomic E-state index is -5.70. The largest absolute Gasteiger partial charge is 0.425 e. The smallest absolute Gasteiger partial charge is 0.385 e. The number of hydrogen-bond acceptors (Lipinski definition) is 29. The molecule has 6 heterocycles. The first-order valence-corrected chi connectivity index (χ1v) is 59.8. The van der Waals surface area contributed by atoms with Crippen molar-refractivity contribution >= 4 is 155 Å². The van der Waals surface area contributed by atoms with Gasteiger partial charge in [0.15, 0.2) is 30.4 Å². The van der Waals surface area contributed by atoms with E-state index in [1.165, 1.54) is 53.4 Å². The van der Waals surface area contributed by atoms with Crippen LogP contribution in [0.25, 0.3) is 0 Å². The molecule has 794 valence electrons.